The van der Waals surface area contributed by atoms with Gasteiger partial charge in [-0.05, 0) is 37.8 Å². The molecule has 2 unspecified atom stereocenters. The number of nitrogens with one attached hydrogen (secondary N) is 2. The van der Waals surface area contributed by atoms with Crippen molar-refractivity contribution in [2.24, 2.45) is 5.92 Å². The van der Waals surface area contributed by atoms with Crippen molar-refractivity contribution in [1.29, 1.82) is 0 Å². The van der Waals surface area contributed by atoms with Crippen LogP contribution in [0.25, 0.3) is 0 Å². The standard InChI is InChI=1S/C15H22F2N2O3/c1-9(6-11(3)20)8-18-15(21)19-12-5-4-10(2)13(7-12)22-14(16)17/h4-5,7,9,11,14,20H,6,8H2,1-3H3,(H2,18,19,21). The lowest BCUT2D eigenvalue weighted by Crippen LogP contribution is -2.33. The first-order chi connectivity index (χ1) is 10.3. The van der Waals surface area contributed by atoms with E-state index >= 15 is 0 Å². The van der Waals surface area contributed by atoms with Gasteiger partial charge in [-0.15, -0.1) is 0 Å². The second-order valence-electron chi connectivity index (χ2n) is 5.38. The molecule has 124 valence electrons. The lowest BCUT2D eigenvalue weighted by Gasteiger charge is -2.15. The first-order valence-corrected chi connectivity index (χ1v) is 7.06. The van der Waals surface area contributed by atoms with Crippen molar-refractivity contribution in [2.45, 2.75) is 39.9 Å². The van der Waals surface area contributed by atoms with Gasteiger partial charge >= 0.3 is 12.6 Å². The second kappa shape index (κ2) is 8.53. The maximum absolute atomic E-state index is 12.3. The van der Waals surface area contributed by atoms with Gasteiger partial charge in [0.25, 0.3) is 0 Å². The average molecular weight is 316 g/mol. The van der Waals surface area contributed by atoms with Crippen LogP contribution in [0.1, 0.15) is 25.8 Å². The Bertz CT molecular complexity index is 496. The van der Waals surface area contributed by atoms with Crippen LogP contribution in [0.2, 0.25) is 0 Å². The van der Waals surface area contributed by atoms with Gasteiger partial charge in [0.05, 0.1) is 6.10 Å². The molecule has 0 aliphatic rings. The summed E-state index contributed by atoms with van der Waals surface area (Å²) in [6.07, 6.45) is 0.156. The van der Waals surface area contributed by atoms with Crippen molar-refractivity contribution in [3.8, 4) is 5.75 Å². The van der Waals surface area contributed by atoms with Gasteiger partial charge in [0, 0.05) is 18.3 Å². The molecule has 0 spiro atoms. The van der Waals surface area contributed by atoms with Crippen LogP contribution in [0.15, 0.2) is 18.2 Å². The van der Waals surface area contributed by atoms with Gasteiger partial charge in [-0.25, -0.2) is 4.79 Å². The third kappa shape index (κ3) is 6.71. The zero-order valence-electron chi connectivity index (χ0n) is 12.9. The number of aliphatic hydroxyl groups excluding tert-OH is 1. The van der Waals surface area contributed by atoms with E-state index in [0.717, 1.165) is 0 Å². The summed E-state index contributed by atoms with van der Waals surface area (Å²) < 4.78 is 28.9. The van der Waals surface area contributed by atoms with Crippen LogP contribution >= 0.6 is 0 Å². The molecule has 0 bridgehead atoms. The van der Waals surface area contributed by atoms with E-state index in [0.29, 0.717) is 24.2 Å². The molecule has 1 rings (SSSR count). The van der Waals surface area contributed by atoms with Crippen molar-refractivity contribution < 1.29 is 23.4 Å². The second-order valence-corrected chi connectivity index (χ2v) is 5.38. The Morgan fingerprint density at radius 2 is 2.05 bits per heavy atom. The van der Waals surface area contributed by atoms with Crippen molar-refractivity contribution in [1.82, 2.24) is 5.32 Å². The van der Waals surface area contributed by atoms with Gasteiger partial charge in [0.2, 0.25) is 0 Å². The Morgan fingerprint density at radius 1 is 1.36 bits per heavy atom. The molecule has 1 aromatic carbocycles. The Kier molecular flexibility index (Phi) is 7.04. The number of aryl methyl sites for hydroxylation is 1. The lowest BCUT2D eigenvalue weighted by molar-refractivity contribution is -0.0502. The number of hydrogen-bond donors (Lipinski definition) is 3. The number of rotatable bonds is 7. The summed E-state index contributed by atoms with van der Waals surface area (Å²) in [5.41, 5.74) is 0.916. The monoisotopic (exact) mass is 316 g/mol. The SMILES string of the molecule is Cc1ccc(NC(=O)NCC(C)CC(C)O)cc1OC(F)F. The number of benzene rings is 1. The first-order valence-electron chi connectivity index (χ1n) is 7.06. The van der Waals surface area contributed by atoms with Crippen molar-refractivity contribution >= 4 is 11.7 Å². The zero-order chi connectivity index (χ0) is 16.7. The fourth-order valence-electron chi connectivity index (χ4n) is 2.01. The van der Waals surface area contributed by atoms with Crippen LogP contribution < -0.4 is 15.4 Å². The fraction of sp³-hybridized carbons (Fsp3) is 0.533. The molecule has 7 heteroatoms. The molecule has 0 heterocycles. The number of carbonyl (C=O) groups is 1. The van der Waals surface area contributed by atoms with Gasteiger partial charge in [-0.2, -0.15) is 8.78 Å². The van der Waals surface area contributed by atoms with Gasteiger partial charge in [-0.1, -0.05) is 13.0 Å². The number of amides is 2. The van der Waals surface area contributed by atoms with Crippen molar-refractivity contribution in [2.75, 3.05) is 11.9 Å². The van der Waals surface area contributed by atoms with Gasteiger partial charge in [0.1, 0.15) is 5.75 Å². The van der Waals surface area contributed by atoms with Gasteiger partial charge < -0.3 is 20.5 Å². The summed E-state index contributed by atoms with van der Waals surface area (Å²) in [7, 11) is 0. The molecule has 2 amide bonds. The molecule has 2 atom stereocenters. The first kappa shape index (κ1) is 18.2. The summed E-state index contributed by atoms with van der Waals surface area (Å²) in [6.45, 7) is 2.73. The minimum absolute atomic E-state index is 0.0234. The highest BCUT2D eigenvalue weighted by Crippen LogP contribution is 2.24. The zero-order valence-corrected chi connectivity index (χ0v) is 12.9. The Labute approximate surface area is 128 Å². The van der Waals surface area contributed by atoms with Crippen LogP contribution in [0.3, 0.4) is 0 Å². The summed E-state index contributed by atoms with van der Waals surface area (Å²) in [5.74, 6) is 0.150. The van der Waals surface area contributed by atoms with E-state index < -0.39 is 18.7 Å². The van der Waals surface area contributed by atoms with Crippen molar-refractivity contribution in [3.63, 3.8) is 0 Å². The molecule has 5 nitrogen and oxygen atoms in total. The molecular weight excluding hydrogens is 294 g/mol. The third-order valence-corrected chi connectivity index (χ3v) is 3.02. The number of halogens is 2. The van der Waals surface area contributed by atoms with E-state index in [9.17, 15) is 18.7 Å². The summed E-state index contributed by atoms with van der Waals surface area (Å²) in [4.78, 5) is 11.7. The van der Waals surface area contributed by atoms with E-state index in [1.54, 1.807) is 26.0 Å². The molecule has 22 heavy (non-hydrogen) atoms. The van der Waals surface area contributed by atoms with Crippen LogP contribution in [-0.2, 0) is 0 Å². The van der Waals surface area contributed by atoms with Crippen molar-refractivity contribution in [3.05, 3.63) is 23.8 Å². The molecule has 0 radical (unpaired) electrons. The molecule has 0 fully saturated rings. The lowest BCUT2D eigenvalue weighted by atomic mass is 10.1. The topological polar surface area (TPSA) is 70.6 Å². The summed E-state index contributed by atoms with van der Waals surface area (Å²) >= 11 is 0. The van der Waals surface area contributed by atoms with Crippen LogP contribution in [-0.4, -0.2) is 30.4 Å². The van der Waals surface area contributed by atoms with E-state index in [1.807, 2.05) is 6.92 Å². The molecule has 3 N–H and O–H groups in total. The number of alkyl halides is 2. The molecule has 0 saturated carbocycles. The molecule has 0 aromatic heterocycles. The number of carbonyl (C=O) groups excluding carboxylic acids is 1. The largest absolute Gasteiger partial charge is 0.434 e. The molecule has 0 aliphatic carbocycles. The Hall–Kier alpha value is -1.89. The number of urea groups is 1. The number of aliphatic hydroxyl groups is 1. The smallest absolute Gasteiger partial charge is 0.387 e. The Morgan fingerprint density at radius 3 is 2.64 bits per heavy atom. The predicted molar refractivity (Wildman–Crippen MR) is 80.3 cm³/mol. The number of hydrogen-bond acceptors (Lipinski definition) is 3. The highest BCUT2D eigenvalue weighted by Gasteiger charge is 2.11. The van der Waals surface area contributed by atoms with Crippen LogP contribution in [0.5, 0.6) is 5.75 Å². The average Bonchev–Trinajstić information content (AvgIpc) is 2.39. The highest BCUT2D eigenvalue weighted by atomic mass is 19.3. The maximum atomic E-state index is 12.3. The number of anilines is 1. The maximum Gasteiger partial charge on any atom is 0.387 e. The van der Waals surface area contributed by atoms with Gasteiger partial charge in [-0.3, -0.25) is 0 Å². The van der Waals surface area contributed by atoms with Crippen LogP contribution in [0.4, 0.5) is 19.3 Å². The summed E-state index contributed by atoms with van der Waals surface area (Å²) in [6, 6.07) is 4.10. The van der Waals surface area contributed by atoms with E-state index in [4.69, 9.17) is 0 Å². The minimum atomic E-state index is -2.91. The van der Waals surface area contributed by atoms with E-state index in [-0.39, 0.29) is 11.7 Å². The summed E-state index contributed by atoms with van der Waals surface area (Å²) in [5, 5.41) is 14.5. The highest BCUT2D eigenvalue weighted by molar-refractivity contribution is 5.89. The molecular formula is C15H22F2N2O3. The molecule has 0 aliphatic heterocycles. The molecule has 0 saturated heterocycles. The van der Waals surface area contributed by atoms with E-state index in [1.165, 1.54) is 6.07 Å². The number of ether oxygens (including phenoxy) is 1. The molecule has 1 aromatic rings. The van der Waals surface area contributed by atoms with E-state index in [2.05, 4.69) is 15.4 Å². The Balaban J connectivity index is 2.54. The fourth-order valence-corrected chi connectivity index (χ4v) is 2.01. The predicted octanol–water partition coefficient (Wildman–Crippen LogP) is 3.12. The van der Waals surface area contributed by atoms with Crippen LogP contribution in [0, 0.1) is 12.8 Å². The quantitative estimate of drug-likeness (QED) is 0.724. The third-order valence-electron chi connectivity index (χ3n) is 3.02. The normalized spacial score (nSPS) is 13.6. The van der Waals surface area contributed by atoms with Gasteiger partial charge in [0.15, 0.2) is 0 Å². The minimum Gasteiger partial charge on any atom is -0.434 e.